The van der Waals surface area contributed by atoms with Crippen LogP contribution < -0.4 is 5.43 Å². The highest BCUT2D eigenvalue weighted by Gasteiger charge is 2.15. The summed E-state index contributed by atoms with van der Waals surface area (Å²) in [4.78, 5) is 11.7. The van der Waals surface area contributed by atoms with Gasteiger partial charge in [-0.15, -0.1) is 0 Å². The number of aliphatic hydroxyl groups is 1. The van der Waals surface area contributed by atoms with E-state index < -0.39 is 12.0 Å². The van der Waals surface area contributed by atoms with Crippen molar-refractivity contribution in [2.45, 2.75) is 6.10 Å². The van der Waals surface area contributed by atoms with Gasteiger partial charge in [-0.3, -0.25) is 4.79 Å². The van der Waals surface area contributed by atoms with Crippen LogP contribution in [0.3, 0.4) is 0 Å². The molecule has 0 aliphatic carbocycles. The zero-order valence-corrected chi connectivity index (χ0v) is 12.1. The molecule has 5 heteroatoms. The van der Waals surface area contributed by atoms with Gasteiger partial charge < -0.3 is 5.11 Å². The summed E-state index contributed by atoms with van der Waals surface area (Å²) in [6, 6.07) is 16.2. The van der Waals surface area contributed by atoms with Crippen molar-refractivity contribution in [1.82, 2.24) is 5.43 Å². The molecule has 20 heavy (non-hydrogen) atoms. The lowest BCUT2D eigenvalue weighted by molar-refractivity contribution is -0.129. The number of benzene rings is 2. The van der Waals surface area contributed by atoms with E-state index in [-0.39, 0.29) is 0 Å². The van der Waals surface area contributed by atoms with Crippen LogP contribution in [-0.4, -0.2) is 17.2 Å². The lowest BCUT2D eigenvalue weighted by atomic mass is 10.1. The Morgan fingerprint density at radius 1 is 1.15 bits per heavy atom. The summed E-state index contributed by atoms with van der Waals surface area (Å²) in [7, 11) is 0. The molecule has 0 saturated carbocycles. The number of amides is 1. The van der Waals surface area contributed by atoms with Crippen molar-refractivity contribution in [3.8, 4) is 0 Å². The smallest absolute Gasteiger partial charge is 0.273 e. The van der Waals surface area contributed by atoms with Crippen molar-refractivity contribution in [3.63, 3.8) is 0 Å². The summed E-state index contributed by atoms with van der Waals surface area (Å²) >= 11 is 3.33. The Kier molecular flexibility index (Phi) is 5.03. The van der Waals surface area contributed by atoms with Crippen LogP contribution in [0, 0.1) is 0 Å². The van der Waals surface area contributed by atoms with E-state index in [2.05, 4.69) is 26.5 Å². The van der Waals surface area contributed by atoms with E-state index in [0.29, 0.717) is 5.56 Å². The fourth-order valence-electron chi connectivity index (χ4n) is 1.57. The number of nitrogens with zero attached hydrogens (tertiary/aromatic N) is 1. The highest BCUT2D eigenvalue weighted by atomic mass is 79.9. The summed E-state index contributed by atoms with van der Waals surface area (Å²) in [6.07, 6.45) is 0.292. The van der Waals surface area contributed by atoms with Gasteiger partial charge in [-0.1, -0.05) is 58.4 Å². The molecular formula is C15H13BrN2O2. The van der Waals surface area contributed by atoms with Gasteiger partial charge in [0.25, 0.3) is 5.91 Å². The SMILES string of the molecule is O=C(NN=Cc1ccc(Br)cc1)C(O)c1ccccc1. The molecule has 0 aromatic heterocycles. The summed E-state index contributed by atoms with van der Waals surface area (Å²) < 4.78 is 0.971. The number of hydrogen-bond donors (Lipinski definition) is 2. The van der Waals surface area contributed by atoms with Gasteiger partial charge in [-0.2, -0.15) is 5.10 Å². The topological polar surface area (TPSA) is 61.7 Å². The average Bonchev–Trinajstić information content (AvgIpc) is 2.49. The number of carbonyl (C=O) groups excluding carboxylic acids is 1. The monoisotopic (exact) mass is 332 g/mol. The molecule has 0 fully saturated rings. The zero-order valence-electron chi connectivity index (χ0n) is 10.5. The standard InChI is InChI=1S/C15H13BrN2O2/c16-13-8-6-11(7-9-13)10-17-18-15(20)14(19)12-4-2-1-3-5-12/h1-10,14,19H,(H,18,20). The van der Waals surface area contributed by atoms with E-state index in [1.165, 1.54) is 6.21 Å². The minimum absolute atomic E-state index is 0.531. The van der Waals surface area contributed by atoms with Gasteiger partial charge in [0, 0.05) is 4.47 Å². The van der Waals surface area contributed by atoms with Crippen LogP contribution in [0.5, 0.6) is 0 Å². The molecular weight excluding hydrogens is 320 g/mol. The maximum atomic E-state index is 11.7. The zero-order chi connectivity index (χ0) is 14.4. The van der Waals surface area contributed by atoms with E-state index in [1.54, 1.807) is 24.3 Å². The maximum absolute atomic E-state index is 11.7. The first-order chi connectivity index (χ1) is 9.66. The molecule has 1 amide bonds. The number of aliphatic hydroxyl groups excluding tert-OH is 1. The minimum Gasteiger partial charge on any atom is -0.378 e. The summed E-state index contributed by atoms with van der Waals surface area (Å²) in [6.45, 7) is 0. The maximum Gasteiger partial charge on any atom is 0.273 e. The fourth-order valence-corrected chi connectivity index (χ4v) is 1.83. The Labute approximate surface area is 125 Å². The third-order valence-electron chi connectivity index (χ3n) is 2.62. The van der Waals surface area contributed by atoms with Crippen molar-refractivity contribution < 1.29 is 9.90 Å². The lowest BCUT2D eigenvalue weighted by Crippen LogP contribution is -2.25. The van der Waals surface area contributed by atoms with Crippen LogP contribution in [-0.2, 0) is 4.79 Å². The Balaban J connectivity index is 1.93. The van der Waals surface area contributed by atoms with Gasteiger partial charge in [-0.25, -0.2) is 5.43 Å². The first-order valence-electron chi connectivity index (χ1n) is 5.98. The molecule has 0 spiro atoms. The van der Waals surface area contributed by atoms with Gasteiger partial charge in [0.1, 0.15) is 0 Å². The van der Waals surface area contributed by atoms with Gasteiger partial charge >= 0.3 is 0 Å². The highest BCUT2D eigenvalue weighted by Crippen LogP contribution is 2.12. The average molecular weight is 333 g/mol. The molecule has 0 heterocycles. The molecule has 0 bridgehead atoms. The van der Waals surface area contributed by atoms with Crippen LogP contribution in [0.25, 0.3) is 0 Å². The summed E-state index contributed by atoms with van der Waals surface area (Å²) in [5.41, 5.74) is 3.69. The quantitative estimate of drug-likeness (QED) is 0.667. The number of nitrogens with one attached hydrogen (secondary N) is 1. The van der Waals surface area contributed by atoms with E-state index >= 15 is 0 Å². The van der Waals surface area contributed by atoms with Gasteiger partial charge in [-0.05, 0) is 23.3 Å². The van der Waals surface area contributed by atoms with Crippen LogP contribution >= 0.6 is 15.9 Å². The van der Waals surface area contributed by atoms with Crippen molar-refractivity contribution in [2.75, 3.05) is 0 Å². The largest absolute Gasteiger partial charge is 0.378 e. The fraction of sp³-hybridized carbons (Fsp3) is 0.0667. The molecule has 102 valence electrons. The number of rotatable bonds is 4. The summed E-state index contributed by atoms with van der Waals surface area (Å²) in [5.74, 6) is -0.565. The Bertz CT molecular complexity index is 597. The van der Waals surface area contributed by atoms with Gasteiger partial charge in [0.05, 0.1) is 6.21 Å². The number of hydrogen-bond acceptors (Lipinski definition) is 3. The van der Waals surface area contributed by atoms with Gasteiger partial charge in [0.2, 0.25) is 0 Å². The Hall–Kier alpha value is -1.98. The predicted molar refractivity (Wildman–Crippen MR) is 81.3 cm³/mol. The highest BCUT2D eigenvalue weighted by molar-refractivity contribution is 9.10. The van der Waals surface area contributed by atoms with Gasteiger partial charge in [0.15, 0.2) is 6.10 Å². The van der Waals surface area contributed by atoms with Crippen LogP contribution in [0.4, 0.5) is 0 Å². The van der Waals surface area contributed by atoms with Crippen LogP contribution in [0.1, 0.15) is 17.2 Å². The second-order valence-electron chi connectivity index (χ2n) is 4.10. The van der Waals surface area contributed by atoms with E-state index in [9.17, 15) is 9.90 Å². The number of halogens is 1. The lowest BCUT2D eigenvalue weighted by Gasteiger charge is -2.08. The van der Waals surface area contributed by atoms with E-state index in [0.717, 1.165) is 10.0 Å². The molecule has 4 nitrogen and oxygen atoms in total. The molecule has 2 aromatic carbocycles. The third-order valence-corrected chi connectivity index (χ3v) is 3.15. The Morgan fingerprint density at radius 3 is 2.45 bits per heavy atom. The minimum atomic E-state index is -1.22. The van der Waals surface area contributed by atoms with Crippen molar-refractivity contribution in [1.29, 1.82) is 0 Å². The first kappa shape index (κ1) is 14.4. The first-order valence-corrected chi connectivity index (χ1v) is 6.77. The van der Waals surface area contributed by atoms with E-state index in [4.69, 9.17) is 0 Å². The van der Waals surface area contributed by atoms with Crippen molar-refractivity contribution in [3.05, 3.63) is 70.2 Å². The molecule has 2 N–H and O–H groups in total. The normalized spacial score (nSPS) is 12.3. The Morgan fingerprint density at radius 2 is 1.80 bits per heavy atom. The molecule has 0 saturated heterocycles. The molecule has 0 aliphatic rings. The molecule has 1 unspecified atom stereocenters. The van der Waals surface area contributed by atoms with Crippen LogP contribution in [0.15, 0.2) is 64.2 Å². The second kappa shape index (κ2) is 6.98. The molecule has 1 atom stereocenters. The molecule has 0 aliphatic heterocycles. The van der Waals surface area contributed by atoms with Crippen molar-refractivity contribution in [2.24, 2.45) is 5.10 Å². The predicted octanol–water partition coefficient (Wildman–Crippen LogP) is 2.63. The molecule has 2 rings (SSSR count). The number of hydrazone groups is 1. The third kappa shape index (κ3) is 4.01. The molecule has 2 aromatic rings. The van der Waals surface area contributed by atoms with E-state index in [1.807, 2.05) is 30.3 Å². The number of carbonyl (C=O) groups is 1. The molecule has 0 radical (unpaired) electrons. The van der Waals surface area contributed by atoms with Crippen LogP contribution in [0.2, 0.25) is 0 Å². The summed E-state index contributed by atoms with van der Waals surface area (Å²) in [5, 5.41) is 13.6. The van der Waals surface area contributed by atoms with Crippen molar-refractivity contribution >= 4 is 28.1 Å². The second-order valence-corrected chi connectivity index (χ2v) is 5.01.